The molecule has 0 aromatic heterocycles. The van der Waals surface area contributed by atoms with Crippen molar-refractivity contribution in [1.82, 2.24) is 5.01 Å². The molecule has 0 saturated carbocycles. The second-order valence-electron chi connectivity index (χ2n) is 10.1. The van der Waals surface area contributed by atoms with Crippen molar-refractivity contribution < 1.29 is 22.9 Å². The Bertz CT molecular complexity index is 1740. The van der Waals surface area contributed by atoms with Gasteiger partial charge >= 0.3 is 6.18 Å². The predicted octanol–water partition coefficient (Wildman–Crippen LogP) is 8.75. The van der Waals surface area contributed by atoms with Crippen molar-refractivity contribution in [1.29, 1.82) is 0 Å². The number of halogens is 5. The third kappa shape index (κ3) is 6.62. The lowest BCUT2D eigenvalue weighted by Gasteiger charge is -2.28. The van der Waals surface area contributed by atoms with E-state index in [-0.39, 0.29) is 23.7 Å². The van der Waals surface area contributed by atoms with Crippen LogP contribution >= 0.6 is 39.5 Å². The number of hydrogen-bond acceptors (Lipinski definition) is 6. The molecule has 1 heterocycles. The van der Waals surface area contributed by atoms with Crippen molar-refractivity contribution in [2.45, 2.75) is 23.4 Å². The summed E-state index contributed by atoms with van der Waals surface area (Å²) in [7, 11) is 0. The van der Waals surface area contributed by atoms with Gasteiger partial charge in [-0.25, -0.2) is 4.31 Å². The lowest BCUT2D eigenvalue weighted by atomic mass is 9.76. The van der Waals surface area contributed by atoms with Crippen LogP contribution in [0.5, 0.6) is 0 Å². The van der Waals surface area contributed by atoms with Crippen molar-refractivity contribution in [3.05, 3.63) is 133 Å². The summed E-state index contributed by atoms with van der Waals surface area (Å²) in [4.78, 5) is 25.4. The van der Waals surface area contributed by atoms with Gasteiger partial charge in [0.15, 0.2) is 0 Å². The molecular formula is C31H23BrClF3N4O3S. The Morgan fingerprint density at radius 1 is 1.07 bits per heavy atom. The molecule has 1 amide bonds. The third-order valence-electron chi connectivity index (χ3n) is 7.08. The van der Waals surface area contributed by atoms with Crippen LogP contribution in [0.15, 0.2) is 112 Å². The summed E-state index contributed by atoms with van der Waals surface area (Å²) >= 11 is 10.4. The number of nitro benzene ring substituents is 1. The maximum absolute atomic E-state index is 13.9. The van der Waals surface area contributed by atoms with E-state index in [4.69, 9.17) is 16.7 Å². The van der Waals surface area contributed by atoms with Gasteiger partial charge in [-0.05, 0) is 55.0 Å². The number of amides is 1. The number of carbonyl (C=O) groups excluding carboxylic acids is 1. The van der Waals surface area contributed by atoms with Crippen molar-refractivity contribution >= 4 is 62.5 Å². The minimum absolute atomic E-state index is 0.148. The standard InChI is InChI=1S/C31H23BrClF3N4O3S/c1-30(21-7-3-2-4-8-21)19-38(37-29(30)20-11-16-24(25(33)17-20)31(34,35)36)18-28(41)39(23-14-12-22(32)13-15-23)44-27-10-6-5-9-26(27)40(42)43/h2-17H,18-19H2,1H3. The molecule has 7 nitrogen and oxygen atoms in total. The summed E-state index contributed by atoms with van der Waals surface area (Å²) in [6.45, 7) is 1.93. The first-order chi connectivity index (χ1) is 20.9. The summed E-state index contributed by atoms with van der Waals surface area (Å²) < 4.78 is 42.5. The Kier molecular flexibility index (Phi) is 9.05. The fourth-order valence-corrected chi connectivity index (χ4v) is 6.46. The zero-order valence-corrected chi connectivity index (χ0v) is 26.1. The molecule has 0 bridgehead atoms. The minimum atomic E-state index is -4.61. The average molecular weight is 704 g/mol. The molecule has 44 heavy (non-hydrogen) atoms. The molecule has 1 atom stereocenters. The summed E-state index contributed by atoms with van der Waals surface area (Å²) in [6, 6.07) is 25.9. The molecule has 1 unspecified atom stereocenters. The van der Waals surface area contributed by atoms with Crippen LogP contribution < -0.4 is 4.31 Å². The van der Waals surface area contributed by atoms with Crippen molar-refractivity contribution in [3.8, 4) is 0 Å². The maximum atomic E-state index is 13.9. The van der Waals surface area contributed by atoms with Gasteiger partial charge in [0.05, 0.1) is 38.9 Å². The molecular weight excluding hydrogens is 681 g/mol. The number of alkyl halides is 3. The highest BCUT2D eigenvalue weighted by molar-refractivity contribution is 9.10. The molecule has 226 valence electrons. The number of hydrazone groups is 1. The van der Waals surface area contributed by atoms with Crippen LogP contribution in [0.4, 0.5) is 24.5 Å². The number of benzene rings is 4. The third-order valence-corrected chi connectivity index (χ3v) is 9.06. The van der Waals surface area contributed by atoms with E-state index < -0.39 is 33.0 Å². The van der Waals surface area contributed by atoms with E-state index in [9.17, 15) is 28.1 Å². The first-order valence-corrected chi connectivity index (χ1v) is 15.1. The lowest BCUT2D eigenvalue weighted by molar-refractivity contribution is -0.387. The second-order valence-corrected chi connectivity index (χ2v) is 12.5. The first kappa shape index (κ1) is 31.6. The Hall–Kier alpha value is -3.87. The molecule has 1 aliphatic rings. The fraction of sp³-hybridized carbons (Fsp3) is 0.161. The fourth-order valence-electron chi connectivity index (χ4n) is 4.95. The molecule has 1 aliphatic heterocycles. The number of rotatable bonds is 8. The number of nitrogens with zero attached hydrogens (tertiary/aromatic N) is 4. The Morgan fingerprint density at radius 3 is 2.36 bits per heavy atom. The van der Waals surface area contributed by atoms with Crippen LogP contribution in [0.1, 0.15) is 23.6 Å². The predicted molar refractivity (Wildman–Crippen MR) is 169 cm³/mol. The van der Waals surface area contributed by atoms with Crippen LogP contribution in [0.25, 0.3) is 0 Å². The topological polar surface area (TPSA) is 79.0 Å². The SMILES string of the molecule is CC1(c2ccccc2)CN(CC(=O)N(Sc2ccccc2[N+](=O)[O-])c2ccc(Br)cc2)N=C1c1ccc(C(F)(F)F)c(Cl)c1. The van der Waals surface area contributed by atoms with E-state index in [0.29, 0.717) is 17.0 Å². The van der Waals surface area contributed by atoms with Gasteiger partial charge in [0.1, 0.15) is 11.4 Å². The summed E-state index contributed by atoms with van der Waals surface area (Å²) in [5, 5.41) is 17.5. The molecule has 0 saturated heterocycles. The molecule has 13 heteroatoms. The molecule has 0 spiro atoms. The van der Waals surface area contributed by atoms with E-state index in [2.05, 4.69) is 15.9 Å². The highest BCUT2D eigenvalue weighted by Gasteiger charge is 2.42. The highest BCUT2D eigenvalue weighted by atomic mass is 79.9. The van der Waals surface area contributed by atoms with Crippen molar-refractivity contribution in [2.24, 2.45) is 5.10 Å². The van der Waals surface area contributed by atoms with Gasteiger partial charge in [-0.15, -0.1) is 0 Å². The second kappa shape index (κ2) is 12.6. The molecule has 0 aliphatic carbocycles. The quantitative estimate of drug-likeness (QED) is 0.104. The van der Waals surface area contributed by atoms with Crippen LogP contribution in [-0.4, -0.2) is 34.6 Å². The number of nitro groups is 1. The molecule has 4 aromatic rings. The van der Waals surface area contributed by atoms with Crippen LogP contribution in [0.2, 0.25) is 5.02 Å². The van der Waals surface area contributed by atoms with Gasteiger partial charge in [-0.1, -0.05) is 76.1 Å². The van der Waals surface area contributed by atoms with E-state index in [1.165, 1.54) is 22.5 Å². The molecule has 0 fully saturated rings. The normalized spacial score (nSPS) is 16.5. The number of carbonyl (C=O) groups is 1. The average Bonchev–Trinajstić information content (AvgIpc) is 3.33. The number of para-hydroxylation sites is 1. The summed E-state index contributed by atoms with van der Waals surface area (Å²) in [5.41, 5.74) is 0.279. The van der Waals surface area contributed by atoms with Gasteiger partial charge < -0.3 is 0 Å². The molecule has 0 radical (unpaired) electrons. The summed E-state index contributed by atoms with van der Waals surface area (Å²) in [5.74, 6) is -0.415. The minimum Gasteiger partial charge on any atom is -0.286 e. The van der Waals surface area contributed by atoms with Gasteiger partial charge in [-0.2, -0.15) is 18.3 Å². The number of anilines is 1. The molecule has 5 rings (SSSR count). The zero-order chi connectivity index (χ0) is 31.6. The van der Waals surface area contributed by atoms with Gasteiger partial charge in [0.25, 0.3) is 11.6 Å². The summed E-state index contributed by atoms with van der Waals surface area (Å²) in [6.07, 6.45) is -4.61. The Labute approximate surface area is 268 Å². The van der Waals surface area contributed by atoms with Crippen molar-refractivity contribution in [3.63, 3.8) is 0 Å². The molecule has 0 N–H and O–H groups in total. The Morgan fingerprint density at radius 2 is 1.73 bits per heavy atom. The van der Waals surface area contributed by atoms with E-state index in [1.807, 2.05) is 37.3 Å². The van der Waals surface area contributed by atoms with Crippen LogP contribution in [0.3, 0.4) is 0 Å². The smallest absolute Gasteiger partial charge is 0.286 e. The van der Waals surface area contributed by atoms with E-state index >= 15 is 0 Å². The van der Waals surface area contributed by atoms with Gasteiger partial charge in [0, 0.05) is 28.1 Å². The van der Waals surface area contributed by atoms with E-state index in [0.717, 1.165) is 28.1 Å². The maximum Gasteiger partial charge on any atom is 0.417 e. The first-order valence-electron chi connectivity index (χ1n) is 13.1. The number of hydrogen-bond donors (Lipinski definition) is 0. The van der Waals surface area contributed by atoms with Crippen LogP contribution in [-0.2, 0) is 16.4 Å². The zero-order valence-electron chi connectivity index (χ0n) is 23.0. The lowest BCUT2D eigenvalue weighted by Crippen LogP contribution is -2.39. The van der Waals surface area contributed by atoms with Gasteiger partial charge in [-0.3, -0.25) is 19.9 Å². The largest absolute Gasteiger partial charge is 0.417 e. The molecule has 4 aromatic carbocycles. The van der Waals surface area contributed by atoms with Gasteiger partial charge in [0.2, 0.25) is 0 Å². The van der Waals surface area contributed by atoms with E-state index in [1.54, 1.807) is 47.5 Å². The van der Waals surface area contributed by atoms with Crippen molar-refractivity contribution in [2.75, 3.05) is 17.4 Å². The Balaban J connectivity index is 1.51. The highest BCUT2D eigenvalue weighted by Crippen LogP contribution is 2.40. The van der Waals surface area contributed by atoms with Crippen LogP contribution in [0, 0.1) is 10.1 Å². The monoisotopic (exact) mass is 702 g/mol.